The number of ether oxygens (including phenoxy) is 2. The predicted molar refractivity (Wildman–Crippen MR) is 119 cm³/mol. The maximum absolute atomic E-state index is 12.1. The van der Waals surface area contributed by atoms with Crippen molar-refractivity contribution >= 4 is 45.1 Å². The third-order valence-corrected chi connectivity index (χ3v) is 6.59. The van der Waals surface area contributed by atoms with E-state index in [1.54, 1.807) is 12.1 Å². The molecule has 0 aromatic heterocycles. The molecule has 164 valence electrons. The quantitative estimate of drug-likeness (QED) is 0.382. The normalized spacial score (nSPS) is 13.2. The Morgan fingerprint density at radius 1 is 0.806 bits per heavy atom. The van der Waals surface area contributed by atoms with Gasteiger partial charge in [-0.05, 0) is 35.4 Å². The number of nitrogens with zero attached hydrogens (tertiary/aromatic N) is 2. The van der Waals surface area contributed by atoms with Crippen molar-refractivity contribution in [3.8, 4) is 11.5 Å². The molecule has 0 radical (unpaired) electrons. The lowest BCUT2D eigenvalue weighted by Gasteiger charge is -2.02. The zero-order valence-electron chi connectivity index (χ0n) is 16.5. The molecule has 0 amide bonds. The number of nitro groups is 2. The van der Waals surface area contributed by atoms with Crippen LogP contribution in [0.25, 0.3) is 12.2 Å². The van der Waals surface area contributed by atoms with E-state index < -0.39 is 31.4 Å². The van der Waals surface area contributed by atoms with E-state index in [9.17, 15) is 28.6 Å². The lowest BCUT2D eigenvalue weighted by molar-refractivity contribution is -0.385. The van der Waals surface area contributed by atoms with Gasteiger partial charge in [0.2, 0.25) is 0 Å². The summed E-state index contributed by atoms with van der Waals surface area (Å²) in [5.74, 6) is 0.210. The number of hydrogen-bond acceptors (Lipinski definition) is 8. The second-order valence-electron chi connectivity index (χ2n) is 5.86. The van der Waals surface area contributed by atoms with Crippen LogP contribution in [0.3, 0.4) is 0 Å². The predicted octanol–water partition coefficient (Wildman–Crippen LogP) is 3.62. The van der Waals surface area contributed by atoms with Crippen LogP contribution >= 0.6 is 0 Å². The van der Waals surface area contributed by atoms with Gasteiger partial charge >= 0.3 is 11.4 Å². The van der Waals surface area contributed by atoms with Crippen LogP contribution in [0.4, 0.5) is 11.4 Å². The summed E-state index contributed by atoms with van der Waals surface area (Å²) in [5, 5.41) is 24.5. The molecule has 0 aliphatic rings. The van der Waals surface area contributed by atoms with Gasteiger partial charge in [0.05, 0.1) is 45.7 Å². The number of rotatable bonds is 10. The third-order valence-electron chi connectivity index (χ3n) is 3.86. The van der Waals surface area contributed by atoms with E-state index in [0.717, 1.165) is 0 Å². The molecule has 2 aromatic rings. The van der Waals surface area contributed by atoms with Crippen molar-refractivity contribution in [1.29, 1.82) is 0 Å². The molecular weight excluding hydrogens is 448 g/mol. The second-order valence-corrected chi connectivity index (χ2v) is 8.87. The van der Waals surface area contributed by atoms with Crippen molar-refractivity contribution in [1.82, 2.24) is 0 Å². The summed E-state index contributed by atoms with van der Waals surface area (Å²) in [6.45, 7) is 0. The largest absolute Gasteiger partial charge is 0.490 e. The Hall–Kier alpha value is -3.38. The molecule has 0 fully saturated rings. The molecule has 2 unspecified atom stereocenters. The SMILES string of the molecule is COc1ccc(C=CS(=O)CS(=O)/C=C\c2ccc(OC)c([N+](=O)[O-])c2)cc1[N+](=O)[O-]. The Balaban J connectivity index is 2.04. The minimum absolute atomic E-state index is 0.105. The number of methoxy groups -OCH3 is 2. The average Bonchev–Trinajstić information content (AvgIpc) is 2.75. The van der Waals surface area contributed by atoms with Gasteiger partial charge in [0, 0.05) is 22.9 Å². The maximum atomic E-state index is 12.1. The number of hydrogen-bond donors (Lipinski definition) is 0. The Kier molecular flexibility index (Phi) is 8.58. The first kappa shape index (κ1) is 23.9. The summed E-state index contributed by atoms with van der Waals surface area (Å²) in [6, 6.07) is 8.53. The highest BCUT2D eigenvalue weighted by atomic mass is 32.2. The van der Waals surface area contributed by atoms with Gasteiger partial charge in [0.1, 0.15) is 5.08 Å². The van der Waals surface area contributed by atoms with Gasteiger partial charge in [-0.25, -0.2) is 0 Å². The molecule has 0 saturated carbocycles. The average molecular weight is 466 g/mol. The van der Waals surface area contributed by atoms with Gasteiger partial charge < -0.3 is 9.47 Å². The van der Waals surface area contributed by atoms with Gasteiger partial charge in [-0.2, -0.15) is 0 Å². The van der Waals surface area contributed by atoms with E-state index in [2.05, 4.69) is 0 Å². The molecule has 31 heavy (non-hydrogen) atoms. The standard InChI is InChI=1S/C19H18N2O8S2/c1-28-18-5-3-14(11-16(18)20(22)23)7-9-30(26)13-31(27)10-8-15-4-6-19(29-2)17(12-15)21(24)25/h3-12H,13H2,1-2H3/b9-7-,10-8?. The van der Waals surface area contributed by atoms with Gasteiger partial charge in [-0.15, -0.1) is 0 Å². The fourth-order valence-electron chi connectivity index (χ4n) is 2.41. The summed E-state index contributed by atoms with van der Waals surface area (Å²) < 4.78 is 34.1. The highest BCUT2D eigenvalue weighted by Crippen LogP contribution is 2.29. The van der Waals surface area contributed by atoms with E-state index >= 15 is 0 Å². The zero-order valence-corrected chi connectivity index (χ0v) is 18.1. The Bertz CT molecular complexity index is 1010. The molecule has 0 aliphatic carbocycles. The van der Waals surface area contributed by atoms with Gasteiger partial charge in [0.15, 0.2) is 11.5 Å². The summed E-state index contributed by atoms with van der Waals surface area (Å²) in [7, 11) is -0.583. The molecule has 0 N–H and O–H groups in total. The molecule has 2 rings (SSSR count). The van der Waals surface area contributed by atoms with Crippen LogP contribution in [-0.2, 0) is 21.6 Å². The van der Waals surface area contributed by atoms with Crippen molar-refractivity contribution in [2.45, 2.75) is 0 Å². The van der Waals surface area contributed by atoms with Gasteiger partial charge in [-0.3, -0.25) is 28.6 Å². The molecule has 0 spiro atoms. The molecule has 0 bridgehead atoms. The van der Waals surface area contributed by atoms with Crippen LogP contribution in [-0.4, -0.2) is 37.6 Å². The van der Waals surface area contributed by atoms with Crippen LogP contribution < -0.4 is 9.47 Å². The van der Waals surface area contributed by atoms with Gasteiger partial charge in [-0.1, -0.05) is 12.1 Å². The minimum Gasteiger partial charge on any atom is -0.490 e. The molecule has 12 heteroatoms. The molecule has 0 aliphatic heterocycles. The van der Waals surface area contributed by atoms with Crippen molar-refractivity contribution in [2.24, 2.45) is 0 Å². The minimum atomic E-state index is -1.61. The Morgan fingerprint density at radius 2 is 1.19 bits per heavy atom. The van der Waals surface area contributed by atoms with E-state index in [1.807, 2.05) is 0 Å². The highest BCUT2D eigenvalue weighted by Gasteiger charge is 2.15. The first-order valence-electron chi connectivity index (χ1n) is 8.50. The van der Waals surface area contributed by atoms with Crippen LogP contribution in [0.1, 0.15) is 11.1 Å². The molecule has 0 saturated heterocycles. The van der Waals surface area contributed by atoms with Crippen molar-refractivity contribution < 1.29 is 27.7 Å². The van der Waals surface area contributed by atoms with E-state index in [4.69, 9.17) is 9.47 Å². The summed E-state index contributed by atoms with van der Waals surface area (Å²) >= 11 is 0. The van der Waals surface area contributed by atoms with E-state index in [-0.39, 0.29) is 28.0 Å². The third kappa shape index (κ3) is 6.83. The topological polar surface area (TPSA) is 139 Å². The van der Waals surface area contributed by atoms with Crippen molar-refractivity contribution in [3.05, 3.63) is 78.6 Å². The van der Waals surface area contributed by atoms with Crippen molar-refractivity contribution in [3.63, 3.8) is 0 Å². The van der Waals surface area contributed by atoms with E-state index in [0.29, 0.717) is 11.1 Å². The zero-order chi connectivity index (χ0) is 23.0. The Morgan fingerprint density at radius 3 is 1.52 bits per heavy atom. The van der Waals surface area contributed by atoms with Crippen molar-refractivity contribution in [2.75, 3.05) is 19.3 Å². The molecule has 2 atom stereocenters. The monoisotopic (exact) mass is 466 g/mol. The fraction of sp³-hybridized carbons (Fsp3) is 0.158. The van der Waals surface area contributed by atoms with Crippen LogP contribution in [0, 0.1) is 20.2 Å². The lowest BCUT2D eigenvalue weighted by atomic mass is 10.2. The van der Waals surface area contributed by atoms with Gasteiger partial charge in [0.25, 0.3) is 0 Å². The Labute approximate surface area is 182 Å². The smallest absolute Gasteiger partial charge is 0.311 e. The highest BCUT2D eigenvalue weighted by molar-refractivity contribution is 8.04. The maximum Gasteiger partial charge on any atom is 0.311 e. The number of nitro benzene ring substituents is 2. The fourth-order valence-corrected chi connectivity index (χ4v) is 4.57. The molecule has 0 heterocycles. The lowest BCUT2D eigenvalue weighted by Crippen LogP contribution is -1.99. The summed E-state index contributed by atoms with van der Waals surface area (Å²) in [6.07, 6.45) is 2.85. The number of benzene rings is 2. The summed E-state index contributed by atoms with van der Waals surface area (Å²) in [5.41, 5.74) is 0.423. The van der Waals surface area contributed by atoms with Crippen LogP contribution in [0.15, 0.2) is 47.2 Å². The van der Waals surface area contributed by atoms with E-state index in [1.165, 1.54) is 61.5 Å². The summed E-state index contributed by atoms with van der Waals surface area (Å²) in [4.78, 5) is 20.9. The first-order valence-corrected chi connectivity index (χ1v) is 11.3. The van der Waals surface area contributed by atoms with Crippen LogP contribution in [0.5, 0.6) is 11.5 Å². The molecular formula is C19H18N2O8S2. The molecule has 2 aromatic carbocycles. The first-order chi connectivity index (χ1) is 14.7. The second kappa shape index (κ2) is 11.1. The van der Waals surface area contributed by atoms with Crippen LogP contribution in [0.2, 0.25) is 0 Å². The molecule has 10 nitrogen and oxygen atoms in total.